The molecule has 0 aromatic carbocycles. The zero-order valence-corrected chi connectivity index (χ0v) is 7.85. The van der Waals surface area contributed by atoms with Crippen LogP contribution in [0.25, 0.3) is 0 Å². The van der Waals surface area contributed by atoms with Gasteiger partial charge in [-0.3, -0.25) is 0 Å². The van der Waals surface area contributed by atoms with Crippen LogP contribution in [0.4, 0.5) is 0 Å². The molecule has 1 rings (SSSR count). The SMILES string of the molecule is CCC1[N+]([O-])=C(C)CC1(C)C. The molecule has 0 aromatic rings. The molecular weight excluding hydrogens is 138 g/mol. The summed E-state index contributed by atoms with van der Waals surface area (Å²) in [6, 6.07) is 0.197. The molecule has 1 aliphatic heterocycles. The summed E-state index contributed by atoms with van der Waals surface area (Å²) in [4.78, 5) is 0. The third-order valence-corrected chi connectivity index (χ3v) is 2.66. The second kappa shape index (κ2) is 2.50. The second-order valence-electron chi connectivity index (χ2n) is 4.15. The average Bonchev–Trinajstić information content (AvgIpc) is 2.03. The first kappa shape index (κ1) is 8.57. The molecule has 2 nitrogen and oxygen atoms in total. The lowest BCUT2D eigenvalue weighted by atomic mass is 9.82. The minimum absolute atomic E-state index is 0.181. The van der Waals surface area contributed by atoms with Crippen molar-refractivity contribution >= 4 is 5.71 Å². The molecule has 64 valence electrons. The van der Waals surface area contributed by atoms with Crippen molar-refractivity contribution in [2.75, 3.05) is 0 Å². The first-order chi connectivity index (χ1) is 4.99. The van der Waals surface area contributed by atoms with E-state index in [9.17, 15) is 5.21 Å². The van der Waals surface area contributed by atoms with Gasteiger partial charge in [0.15, 0.2) is 11.8 Å². The third-order valence-electron chi connectivity index (χ3n) is 2.66. The lowest BCUT2D eigenvalue weighted by molar-refractivity contribution is -0.507. The summed E-state index contributed by atoms with van der Waals surface area (Å²) >= 11 is 0. The molecule has 1 atom stereocenters. The van der Waals surface area contributed by atoms with Crippen molar-refractivity contribution < 1.29 is 4.74 Å². The monoisotopic (exact) mass is 155 g/mol. The first-order valence-electron chi connectivity index (χ1n) is 4.28. The van der Waals surface area contributed by atoms with Crippen molar-refractivity contribution in [3.05, 3.63) is 5.21 Å². The summed E-state index contributed by atoms with van der Waals surface area (Å²) in [5.41, 5.74) is 1.17. The maximum atomic E-state index is 11.4. The van der Waals surface area contributed by atoms with Crippen LogP contribution in [0.15, 0.2) is 0 Å². The van der Waals surface area contributed by atoms with Gasteiger partial charge in [0.05, 0.1) is 0 Å². The van der Waals surface area contributed by atoms with Gasteiger partial charge in [-0.2, -0.15) is 0 Å². The van der Waals surface area contributed by atoms with Crippen LogP contribution >= 0.6 is 0 Å². The smallest absolute Gasteiger partial charge is 0.168 e. The van der Waals surface area contributed by atoms with Crippen molar-refractivity contribution in [2.24, 2.45) is 5.41 Å². The summed E-state index contributed by atoms with van der Waals surface area (Å²) < 4.78 is 1.19. The Morgan fingerprint density at radius 2 is 2.18 bits per heavy atom. The van der Waals surface area contributed by atoms with Gasteiger partial charge in [-0.25, -0.2) is 4.74 Å². The summed E-state index contributed by atoms with van der Waals surface area (Å²) in [5, 5.41) is 11.4. The van der Waals surface area contributed by atoms with Gasteiger partial charge in [0.2, 0.25) is 0 Å². The fourth-order valence-electron chi connectivity index (χ4n) is 2.16. The Bertz CT molecular complexity index is 194. The number of hydrogen-bond acceptors (Lipinski definition) is 1. The van der Waals surface area contributed by atoms with Gasteiger partial charge >= 0.3 is 0 Å². The molecule has 2 heteroatoms. The average molecular weight is 155 g/mol. The molecule has 0 spiro atoms. The van der Waals surface area contributed by atoms with E-state index in [1.807, 2.05) is 6.92 Å². The quantitative estimate of drug-likeness (QED) is 0.421. The van der Waals surface area contributed by atoms with E-state index in [1.165, 1.54) is 4.74 Å². The van der Waals surface area contributed by atoms with Crippen LogP contribution in [0.3, 0.4) is 0 Å². The highest BCUT2D eigenvalue weighted by Gasteiger charge is 2.42. The Morgan fingerprint density at radius 1 is 1.64 bits per heavy atom. The number of rotatable bonds is 1. The van der Waals surface area contributed by atoms with E-state index < -0.39 is 0 Å². The molecule has 0 aromatic heterocycles. The van der Waals surface area contributed by atoms with Crippen LogP contribution < -0.4 is 0 Å². The van der Waals surface area contributed by atoms with Crippen molar-refractivity contribution in [3.8, 4) is 0 Å². The Labute approximate surface area is 68.5 Å². The Balaban J connectivity index is 2.87. The summed E-state index contributed by atoms with van der Waals surface area (Å²) in [7, 11) is 0. The topological polar surface area (TPSA) is 26.1 Å². The van der Waals surface area contributed by atoms with Gasteiger partial charge in [-0.1, -0.05) is 20.8 Å². The maximum Gasteiger partial charge on any atom is 0.168 e. The van der Waals surface area contributed by atoms with Crippen LogP contribution in [0, 0.1) is 10.6 Å². The van der Waals surface area contributed by atoms with E-state index in [-0.39, 0.29) is 11.5 Å². The van der Waals surface area contributed by atoms with E-state index in [4.69, 9.17) is 0 Å². The van der Waals surface area contributed by atoms with Crippen LogP contribution in [-0.4, -0.2) is 16.5 Å². The van der Waals surface area contributed by atoms with Crippen LogP contribution in [0.1, 0.15) is 40.5 Å². The molecule has 1 aliphatic rings. The van der Waals surface area contributed by atoms with Crippen molar-refractivity contribution in [1.29, 1.82) is 0 Å². The highest BCUT2D eigenvalue weighted by molar-refractivity contribution is 5.79. The Hall–Kier alpha value is -0.530. The summed E-state index contributed by atoms with van der Waals surface area (Å²) in [6.07, 6.45) is 1.91. The molecule has 0 N–H and O–H groups in total. The zero-order chi connectivity index (χ0) is 8.65. The van der Waals surface area contributed by atoms with Crippen LogP contribution in [-0.2, 0) is 0 Å². The Kier molecular flexibility index (Phi) is 1.95. The van der Waals surface area contributed by atoms with Gasteiger partial charge in [0, 0.05) is 25.2 Å². The minimum atomic E-state index is 0.181. The van der Waals surface area contributed by atoms with E-state index >= 15 is 0 Å². The molecule has 1 unspecified atom stereocenters. The molecule has 0 bridgehead atoms. The van der Waals surface area contributed by atoms with E-state index in [0.717, 1.165) is 18.6 Å². The molecular formula is C9H17NO. The fourth-order valence-corrected chi connectivity index (χ4v) is 2.16. The summed E-state index contributed by atoms with van der Waals surface area (Å²) in [5.74, 6) is 0. The number of hydrogen-bond donors (Lipinski definition) is 0. The predicted octanol–water partition coefficient (Wildman–Crippen LogP) is 2.17. The van der Waals surface area contributed by atoms with E-state index in [1.54, 1.807) is 0 Å². The molecule has 0 saturated carbocycles. The van der Waals surface area contributed by atoms with Gasteiger partial charge in [0.25, 0.3) is 0 Å². The van der Waals surface area contributed by atoms with Gasteiger partial charge in [-0.05, 0) is 0 Å². The maximum absolute atomic E-state index is 11.4. The lowest BCUT2D eigenvalue weighted by Crippen LogP contribution is -2.30. The Morgan fingerprint density at radius 3 is 2.36 bits per heavy atom. The molecule has 0 fully saturated rings. The molecule has 1 heterocycles. The van der Waals surface area contributed by atoms with E-state index in [0.29, 0.717) is 0 Å². The van der Waals surface area contributed by atoms with Gasteiger partial charge in [-0.15, -0.1) is 0 Å². The molecule has 0 aliphatic carbocycles. The molecule has 0 saturated heterocycles. The largest absolute Gasteiger partial charge is 0.624 e. The zero-order valence-electron chi connectivity index (χ0n) is 7.85. The summed E-state index contributed by atoms with van der Waals surface area (Å²) in [6.45, 7) is 8.35. The van der Waals surface area contributed by atoms with Crippen LogP contribution in [0.2, 0.25) is 0 Å². The predicted molar refractivity (Wildman–Crippen MR) is 46.8 cm³/mol. The van der Waals surface area contributed by atoms with Crippen molar-refractivity contribution in [2.45, 2.75) is 46.6 Å². The number of hydroxylamine groups is 1. The molecule has 11 heavy (non-hydrogen) atoms. The standard InChI is InChI=1S/C9H17NO/c1-5-8-9(3,4)6-7(2)10(8)11/h8H,5-6H2,1-4H3. The highest BCUT2D eigenvalue weighted by atomic mass is 16.5. The first-order valence-corrected chi connectivity index (χ1v) is 4.28. The van der Waals surface area contributed by atoms with Gasteiger partial charge in [0.1, 0.15) is 0 Å². The minimum Gasteiger partial charge on any atom is -0.624 e. The number of nitrogens with zero attached hydrogens (tertiary/aromatic N) is 1. The molecule has 0 radical (unpaired) electrons. The van der Waals surface area contributed by atoms with Crippen molar-refractivity contribution in [3.63, 3.8) is 0 Å². The highest BCUT2D eigenvalue weighted by Crippen LogP contribution is 2.34. The molecule has 0 amide bonds. The van der Waals surface area contributed by atoms with Gasteiger partial charge < -0.3 is 5.21 Å². The van der Waals surface area contributed by atoms with E-state index in [2.05, 4.69) is 20.8 Å². The van der Waals surface area contributed by atoms with Crippen LogP contribution in [0.5, 0.6) is 0 Å². The lowest BCUT2D eigenvalue weighted by Gasteiger charge is -2.22. The normalized spacial score (nSPS) is 29.6. The fraction of sp³-hybridized carbons (Fsp3) is 0.889. The van der Waals surface area contributed by atoms with Crippen molar-refractivity contribution in [1.82, 2.24) is 0 Å². The second-order valence-corrected chi connectivity index (χ2v) is 4.15. The third kappa shape index (κ3) is 1.26.